The van der Waals surface area contributed by atoms with Gasteiger partial charge in [-0.05, 0) is 19.1 Å². The average molecular weight is 298 g/mol. The molecule has 1 N–H and O–H groups in total. The summed E-state index contributed by atoms with van der Waals surface area (Å²) in [5.74, 6) is 1.46. The molecule has 0 spiro atoms. The molecule has 0 saturated carbocycles. The molecule has 0 unspecified atom stereocenters. The minimum Gasteiger partial charge on any atom is -0.431 e. The molecule has 0 fully saturated rings. The van der Waals surface area contributed by atoms with E-state index in [1.165, 1.54) is 11.8 Å². The van der Waals surface area contributed by atoms with Crippen LogP contribution in [0.25, 0.3) is 16.9 Å². The molecule has 4 rings (SSSR count). The van der Waals surface area contributed by atoms with E-state index in [2.05, 4.69) is 20.1 Å². The predicted molar refractivity (Wildman–Crippen MR) is 77.1 cm³/mol. The maximum Gasteiger partial charge on any atom is 0.458 e. The highest BCUT2D eigenvalue weighted by Gasteiger charge is 2.18. The van der Waals surface area contributed by atoms with E-state index in [4.69, 9.17) is 4.42 Å². The first kappa shape index (κ1) is 12.3. The van der Waals surface area contributed by atoms with E-state index in [9.17, 15) is 0 Å². The van der Waals surface area contributed by atoms with Crippen LogP contribution in [0, 0.1) is 13.8 Å². The number of hydrogen-bond acceptors (Lipinski definition) is 5. The topological polar surface area (TPSA) is 71.7 Å². The molecule has 21 heavy (non-hydrogen) atoms. The van der Waals surface area contributed by atoms with Crippen molar-refractivity contribution in [3.8, 4) is 0 Å². The highest BCUT2D eigenvalue weighted by Crippen LogP contribution is 2.28. The van der Waals surface area contributed by atoms with Crippen molar-refractivity contribution in [3.05, 3.63) is 41.9 Å². The molecule has 0 atom stereocenters. The summed E-state index contributed by atoms with van der Waals surface area (Å²) in [7, 11) is 0. The second-order valence-electron chi connectivity index (χ2n) is 4.73. The number of para-hydroxylation sites is 2. The minimum atomic E-state index is 0.600. The lowest BCUT2D eigenvalue weighted by Crippen LogP contribution is -2.27. The van der Waals surface area contributed by atoms with E-state index in [0.29, 0.717) is 11.0 Å². The van der Waals surface area contributed by atoms with Crippen LogP contribution in [-0.2, 0) is 0 Å². The summed E-state index contributed by atoms with van der Waals surface area (Å²) in [6.07, 6.45) is 0. The summed E-state index contributed by atoms with van der Waals surface area (Å²) in [5.41, 5.74) is 2.54. The van der Waals surface area contributed by atoms with Crippen molar-refractivity contribution in [1.29, 1.82) is 0 Å². The van der Waals surface area contributed by atoms with E-state index in [0.717, 1.165) is 27.6 Å². The van der Waals surface area contributed by atoms with E-state index in [1.54, 1.807) is 0 Å². The van der Waals surface area contributed by atoms with Gasteiger partial charge in [-0.15, -0.1) is 4.52 Å². The molecule has 3 heterocycles. The summed E-state index contributed by atoms with van der Waals surface area (Å²) in [6.45, 7) is 3.85. The summed E-state index contributed by atoms with van der Waals surface area (Å²) in [6, 6.07) is 9.70. The lowest BCUT2D eigenvalue weighted by Gasteiger charge is -1.96. The first-order chi connectivity index (χ1) is 10.2. The zero-order chi connectivity index (χ0) is 14.4. The molecule has 0 amide bonds. The van der Waals surface area contributed by atoms with Gasteiger partial charge in [-0.3, -0.25) is 0 Å². The summed E-state index contributed by atoms with van der Waals surface area (Å²) < 4.78 is 7.59. The number of oxazole rings is 1. The summed E-state index contributed by atoms with van der Waals surface area (Å²) in [4.78, 5) is 13.2. The molecule has 3 aromatic heterocycles. The first-order valence-corrected chi connectivity index (χ1v) is 7.30. The fourth-order valence-electron chi connectivity index (χ4n) is 2.16. The van der Waals surface area contributed by atoms with Gasteiger partial charge >= 0.3 is 5.78 Å². The number of fused-ring (bicyclic) bond motifs is 2. The fourth-order valence-corrected chi connectivity index (χ4v) is 3.06. The Labute approximate surface area is 124 Å². The number of aryl methyl sites for hydroxylation is 2. The molecule has 7 heteroatoms. The summed E-state index contributed by atoms with van der Waals surface area (Å²) in [5, 5.41) is 4.70. The molecule has 0 aliphatic heterocycles. The normalized spacial score (nSPS) is 11.5. The molecule has 1 aromatic carbocycles. The third kappa shape index (κ3) is 2.15. The molecule has 6 nitrogen and oxygen atoms in total. The van der Waals surface area contributed by atoms with Gasteiger partial charge in [0.25, 0.3) is 5.22 Å². The van der Waals surface area contributed by atoms with Gasteiger partial charge in [0.15, 0.2) is 10.6 Å². The molecule has 0 bridgehead atoms. The molecule has 0 radical (unpaired) electrons. The van der Waals surface area contributed by atoms with Crippen LogP contribution in [0.3, 0.4) is 0 Å². The zero-order valence-electron chi connectivity index (χ0n) is 11.5. The van der Waals surface area contributed by atoms with Crippen molar-refractivity contribution in [1.82, 2.24) is 20.1 Å². The standard InChI is InChI=1S/C14H11N5OS/c1-8-7-12(19-13(15-8)16-9(2)18-19)21-14-17-10-5-3-4-6-11(10)20-14/h3-7H,1-2H3/p+1. The van der Waals surface area contributed by atoms with Gasteiger partial charge in [-0.25, -0.2) is 10.1 Å². The van der Waals surface area contributed by atoms with Crippen LogP contribution in [-0.4, -0.2) is 20.1 Å². The quantitative estimate of drug-likeness (QED) is 0.454. The summed E-state index contributed by atoms with van der Waals surface area (Å²) >= 11 is 1.44. The Balaban J connectivity index is 1.82. The van der Waals surface area contributed by atoms with E-state index >= 15 is 0 Å². The third-order valence-corrected chi connectivity index (χ3v) is 3.90. The molecule has 0 aliphatic rings. The average Bonchev–Trinajstić information content (AvgIpc) is 3.00. The van der Waals surface area contributed by atoms with E-state index in [1.807, 2.05) is 48.7 Å². The third-order valence-electron chi connectivity index (χ3n) is 3.04. The SMILES string of the molecule is Cc1cc(Sc2nc3ccccc3o2)[n+]2[nH]c(C)nc2n1. The van der Waals surface area contributed by atoms with E-state index < -0.39 is 0 Å². The van der Waals surface area contributed by atoms with Crippen LogP contribution < -0.4 is 4.52 Å². The van der Waals surface area contributed by atoms with Crippen molar-refractivity contribution < 1.29 is 8.93 Å². The van der Waals surface area contributed by atoms with Gasteiger partial charge in [-0.1, -0.05) is 22.1 Å². The lowest BCUT2D eigenvalue weighted by molar-refractivity contribution is -0.620. The fraction of sp³-hybridized carbons (Fsp3) is 0.143. The van der Waals surface area contributed by atoms with Crippen molar-refractivity contribution in [3.63, 3.8) is 0 Å². The maximum absolute atomic E-state index is 5.75. The maximum atomic E-state index is 5.75. The highest BCUT2D eigenvalue weighted by molar-refractivity contribution is 7.98. The second kappa shape index (κ2) is 4.56. The van der Waals surface area contributed by atoms with Crippen LogP contribution in [0.15, 0.2) is 45.0 Å². The highest BCUT2D eigenvalue weighted by atomic mass is 32.2. The van der Waals surface area contributed by atoms with Crippen molar-refractivity contribution in [2.75, 3.05) is 0 Å². The van der Waals surface area contributed by atoms with Gasteiger partial charge in [0, 0.05) is 24.8 Å². The number of nitrogens with zero attached hydrogens (tertiary/aromatic N) is 4. The van der Waals surface area contributed by atoms with Crippen LogP contribution >= 0.6 is 11.8 Å². The number of hydrogen-bond donors (Lipinski definition) is 1. The Morgan fingerprint density at radius 3 is 2.86 bits per heavy atom. The first-order valence-electron chi connectivity index (χ1n) is 6.48. The molecule has 4 aromatic rings. The van der Waals surface area contributed by atoms with Gasteiger partial charge < -0.3 is 4.42 Å². The smallest absolute Gasteiger partial charge is 0.431 e. The Bertz CT molecular complexity index is 925. The Kier molecular flexibility index (Phi) is 2.68. The Morgan fingerprint density at radius 2 is 2.00 bits per heavy atom. The number of rotatable bonds is 2. The minimum absolute atomic E-state index is 0.600. The molecule has 104 valence electrons. The Morgan fingerprint density at radius 1 is 1.14 bits per heavy atom. The van der Waals surface area contributed by atoms with Crippen molar-refractivity contribution in [2.24, 2.45) is 0 Å². The van der Waals surface area contributed by atoms with E-state index in [-0.39, 0.29) is 0 Å². The largest absolute Gasteiger partial charge is 0.458 e. The molecular formula is C14H12N5OS+. The van der Waals surface area contributed by atoms with Gasteiger partial charge in [0.1, 0.15) is 11.2 Å². The van der Waals surface area contributed by atoms with Gasteiger partial charge in [0.05, 0.1) is 0 Å². The number of nitrogens with one attached hydrogen (secondary N) is 1. The second-order valence-corrected chi connectivity index (χ2v) is 5.70. The monoisotopic (exact) mass is 298 g/mol. The molecule has 0 saturated heterocycles. The lowest BCUT2D eigenvalue weighted by atomic mass is 10.3. The number of aromatic nitrogens is 5. The number of benzene rings is 1. The van der Waals surface area contributed by atoms with Gasteiger partial charge in [0.2, 0.25) is 5.82 Å². The molecular weight excluding hydrogens is 286 g/mol. The molecule has 0 aliphatic carbocycles. The number of aromatic amines is 1. The van der Waals surface area contributed by atoms with Crippen molar-refractivity contribution in [2.45, 2.75) is 24.1 Å². The van der Waals surface area contributed by atoms with Crippen LogP contribution in [0.2, 0.25) is 0 Å². The number of H-pyrrole nitrogens is 1. The zero-order valence-corrected chi connectivity index (χ0v) is 12.3. The van der Waals surface area contributed by atoms with Crippen molar-refractivity contribution >= 4 is 28.6 Å². The Hall–Kier alpha value is -2.41. The van der Waals surface area contributed by atoms with Gasteiger partial charge in [-0.2, -0.15) is 0 Å². The van der Waals surface area contributed by atoms with Crippen LogP contribution in [0.1, 0.15) is 11.5 Å². The predicted octanol–water partition coefficient (Wildman–Crippen LogP) is 2.45. The van der Waals surface area contributed by atoms with Crippen LogP contribution in [0.5, 0.6) is 0 Å². The van der Waals surface area contributed by atoms with Crippen LogP contribution in [0.4, 0.5) is 0 Å².